The molecule has 27 heavy (non-hydrogen) atoms. The fourth-order valence-electron chi connectivity index (χ4n) is 4.15. The van der Waals surface area contributed by atoms with Crippen molar-refractivity contribution >= 4 is 27.3 Å². The van der Waals surface area contributed by atoms with Gasteiger partial charge >= 0.3 is 0 Å². The summed E-state index contributed by atoms with van der Waals surface area (Å²) in [7, 11) is 0. The fourth-order valence-corrected chi connectivity index (χ4v) is 5.13. The van der Waals surface area contributed by atoms with Gasteiger partial charge in [0.2, 0.25) is 16.0 Å². The summed E-state index contributed by atoms with van der Waals surface area (Å²) in [6.45, 7) is 3.34. The van der Waals surface area contributed by atoms with Crippen molar-refractivity contribution in [3.63, 3.8) is 0 Å². The van der Waals surface area contributed by atoms with E-state index < -0.39 is 0 Å². The highest BCUT2D eigenvalue weighted by atomic mass is 32.1. The van der Waals surface area contributed by atoms with E-state index in [9.17, 15) is 9.59 Å². The van der Waals surface area contributed by atoms with Crippen molar-refractivity contribution in [1.82, 2.24) is 19.9 Å². The molecular formula is C19H27N5O2S. The summed E-state index contributed by atoms with van der Waals surface area (Å²) in [5.41, 5.74) is 0.550. The number of rotatable bonds is 3. The maximum atomic E-state index is 12.8. The SMILES string of the molecule is Cc1cc(=O)n2nc(N3CCC[C@@H](C(=O)NC4CCCCCC4)C3)sc2n1. The van der Waals surface area contributed by atoms with Gasteiger partial charge in [-0.25, -0.2) is 4.98 Å². The van der Waals surface area contributed by atoms with Crippen molar-refractivity contribution in [2.24, 2.45) is 5.92 Å². The number of hydrogen-bond donors (Lipinski definition) is 1. The minimum absolute atomic E-state index is 0.0135. The van der Waals surface area contributed by atoms with Crippen LogP contribution in [0.2, 0.25) is 0 Å². The normalized spacial score (nSPS) is 22.0. The largest absolute Gasteiger partial charge is 0.353 e. The van der Waals surface area contributed by atoms with Crippen LogP contribution in [0.4, 0.5) is 5.13 Å². The van der Waals surface area contributed by atoms with E-state index in [1.807, 2.05) is 6.92 Å². The Balaban J connectivity index is 1.45. The first-order chi connectivity index (χ1) is 13.1. The van der Waals surface area contributed by atoms with Crippen molar-refractivity contribution in [3.8, 4) is 0 Å². The molecule has 0 bridgehead atoms. The lowest BCUT2D eigenvalue weighted by atomic mass is 9.96. The molecule has 1 atom stereocenters. The number of aromatic nitrogens is 3. The number of nitrogens with zero attached hydrogens (tertiary/aromatic N) is 4. The van der Waals surface area contributed by atoms with Gasteiger partial charge in [0, 0.05) is 30.9 Å². The van der Waals surface area contributed by atoms with E-state index in [1.54, 1.807) is 0 Å². The molecule has 1 N–H and O–H groups in total. The zero-order valence-electron chi connectivity index (χ0n) is 15.8. The van der Waals surface area contributed by atoms with Crippen LogP contribution in [-0.2, 0) is 4.79 Å². The molecule has 1 aliphatic heterocycles. The Kier molecular flexibility index (Phi) is 5.43. The van der Waals surface area contributed by atoms with Gasteiger partial charge in [-0.1, -0.05) is 37.0 Å². The molecule has 4 rings (SSSR count). The summed E-state index contributed by atoms with van der Waals surface area (Å²) in [6.07, 6.45) is 9.09. The summed E-state index contributed by atoms with van der Waals surface area (Å²) >= 11 is 1.42. The number of hydrogen-bond acceptors (Lipinski definition) is 6. The second-order valence-electron chi connectivity index (χ2n) is 7.80. The zero-order chi connectivity index (χ0) is 18.8. The summed E-state index contributed by atoms with van der Waals surface area (Å²) < 4.78 is 1.36. The summed E-state index contributed by atoms with van der Waals surface area (Å²) in [5.74, 6) is 0.166. The number of nitrogens with one attached hydrogen (secondary N) is 1. The Hall–Kier alpha value is -1.96. The predicted octanol–water partition coefficient (Wildman–Crippen LogP) is 2.51. The average Bonchev–Trinajstić information content (AvgIpc) is 2.92. The molecule has 2 aromatic rings. The number of anilines is 1. The van der Waals surface area contributed by atoms with E-state index in [1.165, 1.54) is 47.6 Å². The first kappa shape index (κ1) is 18.4. The molecule has 2 aromatic heterocycles. The number of amides is 1. The lowest BCUT2D eigenvalue weighted by Gasteiger charge is -2.32. The summed E-state index contributed by atoms with van der Waals surface area (Å²) in [4.78, 5) is 32.1. The first-order valence-corrected chi connectivity index (χ1v) is 10.8. The van der Waals surface area contributed by atoms with Gasteiger partial charge in [0.05, 0.1) is 5.92 Å². The molecular weight excluding hydrogens is 362 g/mol. The molecule has 0 aromatic carbocycles. The lowest BCUT2D eigenvalue weighted by molar-refractivity contribution is -0.126. The minimum Gasteiger partial charge on any atom is -0.353 e. The second kappa shape index (κ2) is 7.96. The molecule has 0 unspecified atom stereocenters. The fraction of sp³-hybridized carbons (Fsp3) is 0.684. The highest BCUT2D eigenvalue weighted by Crippen LogP contribution is 2.27. The third-order valence-electron chi connectivity index (χ3n) is 5.63. The van der Waals surface area contributed by atoms with Crippen molar-refractivity contribution in [2.75, 3.05) is 18.0 Å². The molecule has 146 valence electrons. The van der Waals surface area contributed by atoms with Crippen molar-refractivity contribution in [3.05, 3.63) is 22.1 Å². The van der Waals surface area contributed by atoms with Gasteiger partial charge in [0.15, 0.2) is 0 Å². The van der Waals surface area contributed by atoms with Gasteiger partial charge in [-0.3, -0.25) is 9.59 Å². The maximum Gasteiger partial charge on any atom is 0.275 e. The van der Waals surface area contributed by atoms with Gasteiger partial charge in [-0.2, -0.15) is 4.52 Å². The van der Waals surface area contributed by atoms with Crippen molar-refractivity contribution in [2.45, 2.75) is 64.3 Å². The van der Waals surface area contributed by atoms with Gasteiger partial charge in [0.25, 0.3) is 5.56 Å². The van der Waals surface area contributed by atoms with E-state index in [0.29, 0.717) is 23.2 Å². The van der Waals surface area contributed by atoms with Crippen LogP contribution in [-0.4, -0.2) is 39.6 Å². The van der Waals surface area contributed by atoms with Crippen LogP contribution in [0.3, 0.4) is 0 Å². The van der Waals surface area contributed by atoms with Crippen molar-refractivity contribution in [1.29, 1.82) is 0 Å². The molecule has 2 aliphatic rings. The monoisotopic (exact) mass is 389 g/mol. The Morgan fingerprint density at radius 2 is 1.96 bits per heavy atom. The molecule has 1 saturated carbocycles. The highest BCUT2D eigenvalue weighted by molar-refractivity contribution is 7.20. The molecule has 8 heteroatoms. The van der Waals surface area contributed by atoms with Gasteiger partial charge < -0.3 is 10.2 Å². The van der Waals surface area contributed by atoms with Crippen LogP contribution in [0, 0.1) is 12.8 Å². The predicted molar refractivity (Wildman–Crippen MR) is 106 cm³/mol. The molecule has 0 radical (unpaired) electrons. The first-order valence-electron chi connectivity index (χ1n) is 10.0. The summed E-state index contributed by atoms with van der Waals surface area (Å²) in [6, 6.07) is 1.83. The van der Waals surface area contributed by atoms with Gasteiger partial charge in [-0.15, -0.1) is 5.10 Å². The smallest absolute Gasteiger partial charge is 0.275 e. The number of piperidine rings is 1. The number of aryl methyl sites for hydroxylation is 1. The van der Waals surface area contributed by atoms with Crippen LogP contribution in [0.5, 0.6) is 0 Å². The Morgan fingerprint density at radius 3 is 2.74 bits per heavy atom. The Morgan fingerprint density at radius 1 is 1.19 bits per heavy atom. The van der Waals surface area contributed by atoms with E-state index in [4.69, 9.17) is 0 Å². The number of carbonyl (C=O) groups excluding carboxylic acids is 1. The minimum atomic E-state index is -0.153. The maximum absolute atomic E-state index is 12.8. The van der Waals surface area contributed by atoms with Crippen LogP contribution < -0.4 is 15.8 Å². The molecule has 2 fully saturated rings. The van der Waals surface area contributed by atoms with Crippen molar-refractivity contribution < 1.29 is 4.79 Å². The molecule has 0 spiro atoms. The van der Waals surface area contributed by atoms with Crippen LogP contribution >= 0.6 is 11.3 Å². The Bertz CT molecular complexity index is 869. The average molecular weight is 390 g/mol. The zero-order valence-corrected chi connectivity index (χ0v) is 16.6. The molecule has 1 amide bonds. The third kappa shape index (κ3) is 4.15. The van der Waals surface area contributed by atoms with E-state index in [0.717, 1.165) is 37.4 Å². The number of fused-ring (bicyclic) bond motifs is 1. The lowest BCUT2D eigenvalue weighted by Crippen LogP contribution is -2.46. The molecule has 7 nitrogen and oxygen atoms in total. The van der Waals surface area contributed by atoms with E-state index in [2.05, 4.69) is 20.3 Å². The Labute approximate surface area is 162 Å². The van der Waals surface area contributed by atoms with E-state index >= 15 is 0 Å². The highest BCUT2D eigenvalue weighted by Gasteiger charge is 2.29. The molecule has 1 saturated heterocycles. The standard InChI is InChI=1S/C19H27N5O2S/c1-13-11-16(25)24-18(20-13)27-19(22-24)23-10-6-7-14(12-23)17(26)21-15-8-4-2-3-5-9-15/h11,14-15H,2-10,12H2,1H3,(H,21,26)/t14-/m1/s1. The quantitative estimate of drug-likeness (QED) is 0.816. The van der Waals surface area contributed by atoms with E-state index in [-0.39, 0.29) is 17.4 Å². The molecule has 3 heterocycles. The van der Waals surface area contributed by atoms with Crippen LogP contribution in [0.1, 0.15) is 57.1 Å². The topological polar surface area (TPSA) is 79.6 Å². The van der Waals surface area contributed by atoms with Gasteiger partial charge in [-0.05, 0) is 32.6 Å². The second-order valence-corrected chi connectivity index (χ2v) is 8.73. The summed E-state index contributed by atoms with van der Waals surface area (Å²) in [5, 5.41) is 8.52. The van der Waals surface area contributed by atoms with Gasteiger partial charge in [0.1, 0.15) is 0 Å². The van der Waals surface area contributed by atoms with Crippen LogP contribution in [0.25, 0.3) is 4.96 Å². The van der Waals surface area contributed by atoms with Crippen LogP contribution in [0.15, 0.2) is 10.9 Å². The number of carbonyl (C=O) groups is 1. The molecule has 1 aliphatic carbocycles. The third-order valence-corrected chi connectivity index (χ3v) is 6.60.